The number of nitrogens with one attached hydrogen (secondary N) is 1. The van der Waals surface area contributed by atoms with Gasteiger partial charge in [0.05, 0.1) is 24.8 Å². The van der Waals surface area contributed by atoms with Crippen LogP contribution in [0.5, 0.6) is 0 Å². The van der Waals surface area contributed by atoms with Gasteiger partial charge in [0, 0.05) is 13.7 Å². The molecule has 0 heterocycles. The Bertz CT molecular complexity index is 403. The predicted octanol–water partition coefficient (Wildman–Crippen LogP) is 0.849. The van der Waals surface area contributed by atoms with Crippen molar-refractivity contribution >= 4 is 11.9 Å². The monoisotopic (exact) mass is 237 g/mol. The first-order valence-electron chi connectivity index (χ1n) is 5.15. The Hall–Kier alpha value is -1.88. The molecule has 1 rings (SSSR count). The van der Waals surface area contributed by atoms with Crippen LogP contribution in [0.2, 0.25) is 0 Å². The van der Waals surface area contributed by atoms with E-state index in [1.165, 1.54) is 7.11 Å². The minimum absolute atomic E-state index is 0.255. The van der Waals surface area contributed by atoms with E-state index in [1.54, 1.807) is 31.4 Å². The maximum Gasteiger partial charge on any atom is 0.338 e. The lowest BCUT2D eigenvalue weighted by molar-refractivity contribution is 0.0596. The fraction of sp³-hybridized carbons (Fsp3) is 0.333. The minimum atomic E-state index is -0.525. The van der Waals surface area contributed by atoms with Crippen LogP contribution in [-0.4, -0.2) is 39.2 Å². The van der Waals surface area contributed by atoms with Gasteiger partial charge < -0.3 is 14.8 Å². The third-order valence-corrected chi connectivity index (χ3v) is 2.17. The van der Waals surface area contributed by atoms with E-state index in [0.29, 0.717) is 18.7 Å². The molecule has 0 atom stereocenters. The van der Waals surface area contributed by atoms with E-state index >= 15 is 0 Å². The van der Waals surface area contributed by atoms with Crippen molar-refractivity contribution in [2.75, 3.05) is 27.4 Å². The Labute approximate surface area is 99.7 Å². The standard InChI is InChI=1S/C12H15NO4/c1-16-8-7-13-11(14)9-5-3-4-6-10(9)12(15)17-2/h3-6H,7-8H2,1-2H3,(H,13,14). The first kappa shape index (κ1) is 13.2. The second-order valence-corrected chi connectivity index (χ2v) is 3.29. The van der Waals surface area contributed by atoms with Gasteiger partial charge in [-0.15, -0.1) is 0 Å². The summed E-state index contributed by atoms with van der Waals surface area (Å²) in [5.41, 5.74) is 0.556. The Balaban J connectivity index is 2.82. The van der Waals surface area contributed by atoms with Crippen LogP contribution in [0.4, 0.5) is 0 Å². The zero-order valence-electron chi connectivity index (χ0n) is 9.86. The number of rotatable bonds is 5. The average molecular weight is 237 g/mol. The van der Waals surface area contributed by atoms with E-state index in [-0.39, 0.29) is 11.5 Å². The lowest BCUT2D eigenvalue weighted by Crippen LogP contribution is -2.28. The molecule has 1 aromatic rings. The van der Waals surface area contributed by atoms with E-state index in [4.69, 9.17) is 4.74 Å². The molecule has 1 aromatic carbocycles. The smallest absolute Gasteiger partial charge is 0.338 e. The van der Waals surface area contributed by atoms with Crippen molar-refractivity contribution in [3.05, 3.63) is 35.4 Å². The van der Waals surface area contributed by atoms with E-state index in [0.717, 1.165) is 0 Å². The lowest BCUT2D eigenvalue weighted by Gasteiger charge is -2.08. The van der Waals surface area contributed by atoms with Gasteiger partial charge in [-0.3, -0.25) is 4.79 Å². The molecular formula is C12H15NO4. The summed E-state index contributed by atoms with van der Waals surface area (Å²) < 4.78 is 9.43. The van der Waals surface area contributed by atoms with Crippen molar-refractivity contribution in [2.45, 2.75) is 0 Å². The van der Waals surface area contributed by atoms with E-state index in [1.807, 2.05) is 0 Å². The van der Waals surface area contributed by atoms with Crippen LogP contribution in [0.1, 0.15) is 20.7 Å². The molecule has 0 spiro atoms. The van der Waals surface area contributed by atoms with Gasteiger partial charge in [-0.1, -0.05) is 12.1 Å². The summed E-state index contributed by atoms with van der Waals surface area (Å²) in [6.45, 7) is 0.816. The van der Waals surface area contributed by atoms with Gasteiger partial charge in [0.15, 0.2) is 0 Å². The highest BCUT2D eigenvalue weighted by atomic mass is 16.5. The third-order valence-electron chi connectivity index (χ3n) is 2.17. The molecule has 1 N–H and O–H groups in total. The normalized spacial score (nSPS) is 9.76. The molecule has 0 radical (unpaired) electrons. The van der Waals surface area contributed by atoms with Gasteiger partial charge in [-0.2, -0.15) is 0 Å². The molecule has 5 nitrogen and oxygen atoms in total. The Kier molecular flexibility index (Phi) is 5.16. The van der Waals surface area contributed by atoms with Crippen LogP contribution in [0.25, 0.3) is 0 Å². The number of amides is 1. The summed E-state index contributed by atoms with van der Waals surface area (Å²) in [5.74, 6) is -0.842. The van der Waals surface area contributed by atoms with Crippen LogP contribution in [0.15, 0.2) is 24.3 Å². The minimum Gasteiger partial charge on any atom is -0.465 e. The fourth-order valence-electron chi connectivity index (χ4n) is 1.33. The average Bonchev–Trinajstić information content (AvgIpc) is 2.38. The molecule has 0 fully saturated rings. The number of carbonyl (C=O) groups is 2. The van der Waals surface area contributed by atoms with Crippen LogP contribution >= 0.6 is 0 Å². The Morgan fingerprint density at radius 2 is 1.82 bits per heavy atom. The van der Waals surface area contributed by atoms with Crippen molar-refractivity contribution in [1.29, 1.82) is 0 Å². The van der Waals surface area contributed by atoms with Crippen LogP contribution < -0.4 is 5.32 Å². The SMILES string of the molecule is COCCNC(=O)c1ccccc1C(=O)OC. The van der Waals surface area contributed by atoms with Crippen molar-refractivity contribution in [3.63, 3.8) is 0 Å². The first-order valence-corrected chi connectivity index (χ1v) is 5.15. The molecule has 1 amide bonds. The summed E-state index contributed by atoms with van der Waals surface area (Å²) in [4.78, 5) is 23.2. The summed E-state index contributed by atoms with van der Waals surface area (Å²) in [6, 6.07) is 6.50. The molecule has 0 bridgehead atoms. The zero-order valence-corrected chi connectivity index (χ0v) is 9.86. The summed E-state index contributed by atoms with van der Waals surface area (Å²) in [5, 5.41) is 2.65. The number of esters is 1. The van der Waals surface area contributed by atoms with Gasteiger partial charge in [0.1, 0.15) is 0 Å². The number of hydrogen-bond acceptors (Lipinski definition) is 4. The fourth-order valence-corrected chi connectivity index (χ4v) is 1.33. The number of methoxy groups -OCH3 is 2. The van der Waals surface area contributed by atoms with Crippen molar-refractivity contribution in [3.8, 4) is 0 Å². The molecule has 0 unspecified atom stereocenters. The molecule has 0 saturated heterocycles. The van der Waals surface area contributed by atoms with Gasteiger partial charge in [0.25, 0.3) is 5.91 Å². The summed E-state index contributed by atoms with van der Waals surface area (Å²) >= 11 is 0. The molecule has 0 saturated carbocycles. The molecule has 0 aromatic heterocycles. The second kappa shape index (κ2) is 6.65. The van der Waals surface area contributed by atoms with Crippen LogP contribution in [0.3, 0.4) is 0 Å². The van der Waals surface area contributed by atoms with E-state index < -0.39 is 5.97 Å². The van der Waals surface area contributed by atoms with Crippen molar-refractivity contribution in [1.82, 2.24) is 5.32 Å². The van der Waals surface area contributed by atoms with Gasteiger partial charge in [-0.05, 0) is 12.1 Å². The Morgan fingerprint density at radius 1 is 1.18 bits per heavy atom. The topological polar surface area (TPSA) is 64.6 Å². The van der Waals surface area contributed by atoms with Crippen molar-refractivity contribution in [2.24, 2.45) is 0 Å². The highest BCUT2D eigenvalue weighted by Crippen LogP contribution is 2.09. The van der Waals surface area contributed by atoms with E-state index in [2.05, 4.69) is 10.1 Å². The number of ether oxygens (including phenoxy) is 2. The van der Waals surface area contributed by atoms with E-state index in [9.17, 15) is 9.59 Å². The highest BCUT2D eigenvalue weighted by molar-refractivity contribution is 6.05. The van der Waals surface area contributed by atoms with Gasteiger partial charge >= 0.3 is 5.97 Å². The van der Waals surface area contributed by atoms with Gasteiger partial charge in [-0.25, -0.2) is 4.79 Å². The lowest BCUT2D eigenvalue weighted by atomic mass is 10.1. The maximum atomic E-state index is 11.8. The molecule has 0 aliphatic carbocycles. The maximum absolute atomic E-state index is 11.8. The third kappa shape index (κ3) is 3.57. The molecule has 0 aliphatic rings. The van der Waals surface area contributed by atoms with Crippen LogP contribution in [-0.2, 0) is 9.47 Å². The van der Waals surface area contributed by atoms with Gasteiger partial charge in [0.2, 0.25) is 0 Å². The molecule has 5 heteroatoms. The van der Waals surface area contributed by atoms with Crippen molar-refractivity contribution < 1.29 is 19.1 Å². The Morgan fingerprint density at radius 3 is 2.41 bits per heavy atom. The number of benzene rings is 1. The number of hydrogen-bond donors (Lipinski definition) is 1. The first-order chi connectivity index (χ1) is 8.20. The zero-order chi connectivity index (χ0) is 12.7. The summed E-state index contributed by atoms with van der Waals surface area (Å²) in [7, 11) is 2.83. The molecular weight excluding hydrogens is 222 g/mol. The largest absolute Gasteiger partial charge is 0.465 e. The number of carbonyl (C=O) groups excluding carboxylic acids is 2. The molecule has 17 heavy (non-hydrogen) atoms. The molecule has 92 valence electrons. The van der Waals surface area contributed by atoms with Crippen LogP contribution in [0, 0.1) is 0 Å². The summed E-state index contributed by atoms with van der Waals surface area (Å²) in [6.07, 6.45) is 0. The highest BCUT2D eigenvalue weighted by Gasteiger charge is 2.16. The quantitative estimate of drug-likeness (QED) is 0.609. The second-order valence-electron chi connectivity index (χ2n) is 3.29. The molecule has 0 aliphatic heterocycles. The predicted molar refractivity (Wildman–Crippen MR) is 62.0 cm³/mol.